The van der Waals surface area contributed by atoms with Gasteiger partial charge in [0.25, 0.3) is 0 Å². The summed E-state index contributed by atoms with van der Waals surface area (Å²) in [5.41, 5.74) is 4.34. The van der Waals surface area contributed by atoms with Crippen LogP contribution in [0, 0.1) is 0 Å². The van der Waals surface area contributed by atoms with Crippen LogP contribution >= 0.6 is 0 Å². The molecule has 146 valence electrons. The van der Waals surface area contributed by atoms with Gasteiger partial charge in [-0.05, 0) is 51.7 Å². The fourth-order valence-electron chi connectivity index (χ4n) is 5.60. The van der Waals surface area contributed by atoms with Crippen molar-refractivity contribution in [3.8, 4) is 0 Å². The molecule has 0 aromatic heterocycles. The highest BCUT2D eigenvalue weighted by molar-refractivity contribution is 6.87. The van der Waals surface area contributed by atoms with Crippen LogP contribution in [0.3, 0.4) is 0 Å². The van der Waals surface area contributed by atoms with Gasteiger partial charge < -0.3 is 5.32 Å². The third kappa shape index (κ3) is 3.33. The van der Waals surface area contributed by atoms with Crippen LogP contribution in [-0.2, 0) is 0 Å². The molecule has 0 spiro atoms. The van der Waals surface area contributed by atoms with Gasteiger partial charge >= 0.3 is 0 Å². The normalized spacial score (nSPS) is 24.1. The Kier molecular flexibility index (Phi) is 5.20. The molecular weight excluding hydrogens is 354 g/mol. The van der Waals surface area contributed by atoms with E-state index in [1.54, 1.807) is 10.4 Å². The van der Waals surface area contributed by atoms with E-state index in [1.165, 1.54) is 42.4 Å². The fourth-order valence-corrected chi connectivity index (χ4v) is 9.90. The van der Waals surface area contributed by atoms with Crippen LogP contribution in [0.4, 0.5) is 0 Å². The zero-order valence-electron chi connectivity index (χ0n) is 17.8. The van der Waals surface area contributed by atoms with Crippen molar-refractivity contribution in [3.05, 3.63) is 83.5 Å². The number of benzene rings is 2. The van der Waals surface area contributed by atoms with Gasteiger partial charge in [-0.15, -0.1) is 0 Å². The van der Waals surface area contributed by atoms with E-state index >= 15 is 0 Å². The van der Waals surface area contributed by atoms with Crippen LogP contribution in [0.5, 0.6) is 0 Å². The topological polar surface area (TPSA) is 12.0 Å². The quantitative estimate of drug-likeness (QED) is 0.744. The second kappa shape index (κ2) is 7.49. The zero-order chi connectivity index (χ0) is 19.8. The second-order valence-electron chi connectivity index (χ2n) is 9.02. The summed E-state index contributed by atoms with van der Waals surface area (Å²) in [6.07, 6.45) is 7.69. The van der Waals surface area contributed by atoms with Crippen molar-refractivity contribution < 1.29 is 0 Å². The molecule has 2 heteroatoms. The number of hydrogen-bond acceptors (Lipinski definition) is 1. The highest BCUT2D eigenvalue weighted by Gasteiger charge is 2.48. The lowest BCUT2D eigenvalue weighted by molar-refractivity contribution is 0.369. The predicted octanol–water partition coefficient (Wildman–Crippen LogP) is 4.52. The van der Waals surface area contributed by atoms with Crippen molar-refractivity contribution in [3.63, 3.8) is 0 Å². The molecule has 1 N–H and O–H groups in total. The summed E-state index contributed by atoms with van der Waals surface area (Å²) in [6, 6.07) is 22.7. The molecule has 0 amide bonds. The standard InChI is InChI=1S/C26H33NSi/c1-20-19-25(4,22(3)21(20)2)27-26(17-11-12-18-26)28(23-13-7-5-8-14-23)24-15-9-6-10-16-24/h5-10,13-16,19,27-28H,11-12,17-18H2,1-4H3. The molecule has 1 nitrogen and oxygen atoms in total. The van der Waals surface area contributed by atoms with Gasteiger partial charge in [0.2, 0.25) is 0 Å². The maximum Gasteiger partial charge on any atom is 0.124 e. The van der Waals surface area contributed by atoms with Crippen molar-refractivity contribution in [1.29, 1.82) is 0 Å². The lowest BCUT2D eigenvalue weighted by Gasteiger charge is -2.45. The van der Waals surface area contributed by atoms with Gasteiger partial charge in [0.15, 0.2) is 0 Å². The average Bonchev–Trinajstić information content (AvgIpc) is 3.23. The zero-order valence-corrected chi connectivity index (χ0v) is 18.9. The third-order valence-corrected chi connectivity index (χ3v) is 11.2. The minimum Gasteiger partial charge on any atom is -0.301 e. The van der Waals surface area contributed by atoms with Crippen molar-refractivity contribution in [1.82, 2.24) is 5.32 Å². The Morgan fingerprint density at radius 2 is 1.29 bits per heavy atom. The maximum atomic E-state index is 4.30. The summed E-state index contributed by atoms with van der Waals surface area (Å²) < 4.78 is 0. The first-order valence-electron chi connectivity index (χ1n) is 10.7. The van der Waals surface area contributed by atoms with Gasteiger partial charge in [0.1, 0.15) is 8.80 Å². The molecule has 0 heterocycles. The van der Waals surface area contributed by atoms with Crippen LogP contribution in [0.15, 0.2) is 83.5 Å². The van der Waals surface area contributed by atoms with Crippen LogP contribution < -0.4 is 15.7 Å². The molecule has 2 aromatic rings. The Morgan fingerprint density at radius 1 is 0.786 bits per heavy atom. The summed E-state index contributed by atoms with van der Waals surface area (Å²) in [7, 11) is -1.47. The van der Waals surface area contributed by atoms with Gasteiger partial charge in [-0.2, -0.15) is 0 Å². The van der Waals surface area contributed by atoms with E-state index in [0.717, 1.165) is 0 Å². The summed E-state index contributed by atoms with van der Waals surface area (Å²) >= 11 is 0. The smallest absolute Gasteiger partial charge is 0.124 e. The maximum absolute atomic E-state index is 4.30. The SMILES string of the molecule is CC1=CC(C)(NC2([SiH](c3ccccc3)c3ccccc3)CCCC2)C(C)=C1C. The molecule has 2 aliphatic rings. The second-order valence-corrected chi connectivity index (χ2v) is 12.3. The fraction of sp³-hybridized carbons (Fsp3) is 0.385. The molecular formula is C26H33NSi. The summed E-state index contributed by atoms with van der Waals surface area (Å²) in [6.45, 7) is 9.25. The molecule has 1 fully saturated rings. The van der Waals surface area contributed by atoms with E-state index in [-0.39, 0.29) is 10.7 Å². The van der Waals surface area contributed by atoms with Gasteiger partial charge in [-0.1, -0.05) is 95.5 Å². The Morgan fingerprint density at radius 3 is 1.71 bits per heavy atom. The first-order valence-corrected chi connectivity index (χ1v) is 12.5. The van der Waals surface area contributed by atoms with E-state index in [1.807, 2.05) is 0 Å². The molecule has 2 aliphatic carbocycles. The Hall–Kier alpha value is -1.90. The number of hydrogen-bond donors (Lipinski definition) is 1. The summed E-state index contributed by atoms with van der Waals surface area (Å²) in [5, 5.41) is 7.63. The van der Waals surface area contributed by atoms with E-state index in [9.17, 15) is 0 Å². The van der Waals surface area contributed by atoms with Gasteiger partial charge in [-0.3, -0.25) is 0 Å². The largest absolute Gasteiger partial charge is 0.301 e. The molecule has 4 rings (SSSR count). The van der Waals surface area contributed by atoms with Crippen LogP contribution in [0.25, 0.3) is 0 Å². The molecule has 28 heavy (non-hydrogen) atoms. The third-order valence-electron chi connectivity index (χ3n) is 7.26. The lowest BCUT2D eigenvalue weighted by atomic mass is 9.93. The Labute approximate surface area is 172 Å². The lowest BCUT2D eigenvalue weighted by Crippen LogP contribution is -2.70. The summed E-state index contributed by atoms with van der Waals surface area (Å²) in [4.78, 5) is 0. The van der Waals surface area contributed by atoms with Crippen LogP contribution in [0.2, 0.25) is 0 Å². The van der Waals surface area contributed by atoms with E-state index in [0.29, 0.717) is 0 Å². The predicted molar refractivity (Wildman–Crippen MR) is 124 cm³/mol. The molecule has 0 bridgehead atoms. The van der Waals surface area contributed by atoms with Gasteiger partial charge in [0, 0.05) is 5.16 Å². The Balaban J connectivity index is 1.82. The molecule has 1 atom stereocenters. The van der Waals surface area contributed by atoms with E-state index in [4.69, 9.17) is 0 Å². The van der Waals surface area contributed by atoms with Crippen molar-refractivity contribution in [2.24, 2.45) is 0 Å². The minimum atomic E-state index is -1.47. The van der Waals surface area contributed by atoms with Gasteiger partial charge in [0.05, 0.1) is 5.54 Å². The van der Waals surface area contributed by atoms with E-state index < -0.39 is 8.80 Å². The number of rotatable bonds is 5. The molecule has 1 unspecified atom stereocenters. The monoisotopic (exact) mass is 387 g/mol. The van der Waals surface area contributed by atoms with Crippen LogP contribution in [0.1, 0.15) is 53.4 Å². The minimum absolute atomic E-state index is 0.0344. The first-order chi connectivity index (χ1) is 13.5. The van der Waals surface area contributed by atoms with Gasteiger partial charge in [-0.25, -0.2) is 0 Å². The highest BCUT2D eigenvalue weighted by Crippen LogP contribution is 2.40. The highest BCUT2D eigenvalue weighted by atomic mass is 28.3. The number of allylic oxidation sites excluding steroid dienone is 2. The average molecular weight is 388 g/mol. The number of nitrogens with one attached hydrogen (secondary N) is 1. The molecule has 0 saturated heterocycles. The van der Waals surface area contributed by atoms with Crippen molar-refractivity contribution >= 4 is 19.2 Å². The van der Waals surface area contributed by atoms with Crippen molar-refractivity contribution in [2.45, 2.75) is 64.1 Å². The first kappa shape index (κ1) is 19.4. The molecule has 0 radical (unpaired) electrons. The Bertz CT molecular complexity index is 851. The van der Waals surface area contributed by atoms with Crippen LogP contribution in [-0.4, -0.2) is 19.5 Å². The van der Waals surface area contributed by atoms with E-state index in [2.05, 4.69) is 99.8 Å². The van der Waals surface area contributed by atoms with Crippen molar-refractivity contribution in [2.75, 3.05) is 0 Å². The molecule has 0 aliphatic heterocycles. The molecule has 1 saturated carbocycles. The summed E-state index contributed by atoms with van der Waals surface area (Å²) in [5.74, 6) is 0. The molecule has 2 aromatic carbocycles.